The van der Waals surface area contributed by atoms with Gasteiger partial charge in [-0.2, -0.15) is 0 Å². The van der Waals surface area contributed by atoms with E-state index in [-0.39, 0.29) is 5.56 Å². The molecule has 0 aliphatic carbocycles. The number of cyclic esters (lactones) is 2. The first-order chi connectivity index (χ1) is 12.2. The van der Waals surface area contributed by atoms with E-state index < -0.39 is 41.0 Å². The summed E-state index contributed by atoms with van der Waals surface area (Å²) in [7, 11) is 0. The summed E-state index contributed by atoms with van der Waals surface area (Å²) in [5.41, 5.74) is -0.378. The summed E-state index contributed by atoms with van der Waals surface area (Å²) < 4.78 is 4.39. The van der Waals surface area contributed by atoms with Gasteiger partial charge in [0.15, 0.2) is 0 Å². The van der Waals surface area contributed by atoms with Gasteiger partial charge in [-0.25, -0.2) is 24.0 Å². The molecular weight excluding hydrogens is 348 g/mol. The number of carboxylic acids is 3. The van der Waals surface area contributed by atoms with Gasteiger partial charge >= 0.3 is 29.8 Å². The Morgan fingerprint density at radius 2 is 1.23 bits per heavy atom. The molecule has 1 aliphatic heterocycles. The first kappa shape index (κ1) is 18.3. The number of esters is 2. The average Bonchev–Trinajstić information content (AvgIpc) is 2.60. The van der Waals surface area contributed by atoms with E-state index in [1.165, 1.54) is 6.07 Å². The number of carbonyl (C=O) groups excluding carboxylic acids is 2. The highest BCUT2D eigenvalue weighted by atomic mass is 16.6. The highest BCUT2D eigenvalue weighted by molar-refractivity contribution is 6.07. The minimum atomic E-state index is -1.48. The van der Waals surface area contributed by atoms with E-state index in [1.807, 2.05) is 0 Å². The van der Waals surface area contributed by atoms with Crippen LogP contribution < -0.4 is 0 Å². The third kappa shape index (κ3) is 3.90. The van der Waals surface area contributed by atoms with Crippen molar-refractivity contribution >= 4 is 29.8 Å². The largest absolute Gasteiger partial charge is 0.478 e. The van der Waals surface area contributed by atoms with Gasteiger partial charge in [0.1, 0.15) is 0 Å². The van der Waals surface area contributed by atoms with E-state index in [2.05, 4.69) is 4.74 Å². The Kier molecular flexibility index (Phi) is 5.12. The van der Waals surface area contributed by atoms with Gasteiger partial charge in [0.2, 0.25) is 0 Å². The summed E-state index contributed by atoms with van der Waals surface area (Å²) in [5, 5.41) is 25.9. The Morgan fingerprint density at radius 1 is 0.692 bits per heavy atom. The fourth-order valence-corrected chi connectivity index (χ4v) is 2.02. The first-order valence-electron chi connectivity index (χ1n) is 6.91. The van der Waals surface area contributed by atoms with Gasteiger partial charge < -0.3 is 20.1 Å². The number of carbonyl (C=O) groups is 5. The van der Waals surface area contributed by atoms with Crippen LogP contribution >= 0.6 is 0 Å². The number of hydrogen-bond donors (Lipinski definition) is 3. The fourth-order valence-electron chi connectivity index (χ4n) is 2.02. The normalized spacial score (nSPS) is 11.7. The van der Waals surface area contributed by atoms with Crippen LogP contribution in [0.3, 0.4) is 0 Å². The lowest BCUT2D eigenvalue weighted by molar-refractivity contribution is 0.0383. The zero-order chi connectivity index (χ0) is 19.4. The third-order valence-electron chi connectivity index (χ3n) is 3.25. The molecule has 9 heteroatoms. The Bertz CT molecular complexity index is 914. The number of benzene rings is 2. The van der Waals surface area contributed by atoms with Crippen molar-refractivity contribution in [1.29, 1.82) is 0 Å². The second-order valence-electron chi connectivity index (χ2n) is 4.93. The highest BCUT2D eigenvalue weighted by Gasteiger charge is 2.21. The van der Waals surface area contributed by atoms with Crippen molar-refractivity contribution in [2.75, 3.05) is 0 Å². The molecule has 0 saturated carbocycles. The second-order valence-corrected chi connectivity index (χ2v) is 4.93. The molecule has 0 fully saturated rings. The molecule has 0 unspecified atom stereocenters. The van der Waals surface area contributed by atoms with E-state index in [0.717, 1.165) is 18.2 Å². The molecule has 3 rings (SSSR count). The van der Waals surface area contributed by atoms with Crippen LogP contribution in [0.15, 0.2) is 42.5 Å². The van der Waals surface area contributed by atoms with E-state index in [1.54, 1.807) is 18.2 Å². The topological polar surface area (TPSA) is 155 Å². The van der Waals surface area contributed by atoms with Gasteiger partial charge in [0, 0.05) is 0 Å². The van der Waals surface area contributed by atoms with Crippen LogP contribution in [0, 0.1) is 0 Å². The fraction of sp³-hybridized carbons (Fsp3) is 0. The molecule has 1 aliphatic rings. The minimum absolute atomic E-state index is 0.266. The summed E-state index contributed by atoms with van der Waals surface area (Å²) >= 11 is 0. The van der Waals surface area contributed by atoms with Crippen LogP contribution in [-0.2, 0) is 4.74 Å². The number of rotatable bonds is 3. The third-order valence-corrected chi connectivity index (χ3v) is 3.25. The molecule has 26 heavy (non-hydrogen) atoms. The lowest BCUT2D eigenvalue weighted by atomic mass is 10.0. The molecule has 0 radical (unpaired) electrons. The van der Waals surface area contributed by atoms with E-state index in [9.17, 15) is 24.0 Å². The van der Waals surface area contributed by atoms with Crippen LogP contribution in [-0.4, -0.2) is 45.2 Å². The number of aromatic carboxylic acids is 3. The zero-order valence-electron chi connectivity index (χ0n) is 12.8. The minimum Gasteiger partial charge on any atom is -0.478 e. The van der Waals surface area contributed by atoms with E-state index in [4.69, 9.17) is 15.3 Å². The number of hydrogen-bond acceptors (Lipinski definition) is 6. The first-order valence-corrected chi connectivity index (χ1v) is 6.91. The predicted octanol–water partition coefficient (Wildman–Crippen LogP) is 1.78. The molecular formula is C17H10O9. The molecule has 0 amide bonds. The summed E-state index contributed by atoms with van der Waals surface area (Å²) in [5.74, 6) is -5.33. The molecule has 2 aromatic carbocycles. The predicted molar refractivity (Wildman–Crippen MR) is 83.5 cm³/mol. The van der Waals surface area contributed by atoms with Crippen molar-refractivity contribution in [3.63, 3.8) is 0 Å². The number of fused-ring (bicyclic) bond motifs is 2. The standard InChI is InChI=1S/C9H6O6.C8H4O3/c10-7(11)4-1-2-5(8(12)13)6(3-4)9(14)15;9-7-5-2-1-3-6(4-5)8(10)11-7/h1-3H,(H,10,11)(H,12,13)(H,14,15);1-4H. The summed E-state index contributed by atoms with van der Waals surface area (Å²) in [4.78, 5) is 53.4. The Balaban J connectivity index is 0.000000195. The molecule has 2 aromatic rings. The maximum absolute atomic E-state index is 10.8. The molecule has 2 bridgehead atoms. The van der Waals surface area contributed by atoms with Crippen molar-refractivity contribution in [2.24, 2.45) is 0 Å². The lowest BCUT2D eigenvalue weighted by Crippen LogP contribution is -2.18. The van der Waals surface area contributed by atoms with Gasteiger partial charge in [0.05, 0.1) is 27.8 Å². The average molecular weight is 358 g/mol. The second kappa shape index (κ2) is 7.26. The van der Waals surface area contributed by atoms with Crippen LogP contribution in [0.4, 0.5) is 0 Å². The molecule has 3 N–H and O–H groups in total. The van der Waals surface area contributed by atoms with Gasteiger partial charge in [0.25, 0.3) is 0 Å². The van der Waals surface area contributed by atoms with Gasteiger partial charge in [-0.05, 0) is 36.4 Å². The molecule has 0 spiro atoms. The van der Waals surface area contributed by atoms with Crippen LogP contribution in [0.25, 0.3) is 0 Å². The molecule has 132 valence electrons. The Labute approximate surface area is 145 Å². The van der Waals surface area contributed by atoms with E-state index in [0.29, 0.717) is 11.1 Å². The maximum atomic E-state index is 10.8. The molecule has 0 aromatic heterocycles. The summed E-state index contributed by atoms with van der Waals surface area (Å²) in [6.45, 7) is 0. The SMILES string of the molecule is O=C(O)c1ccc(C(=O)O)c(C(=O)O)c1.O=C1OC(=O)c2cccc1c2. The maximum Gasteiger partial charge on any atom is 0.346 e. The van der Waals surface area contributed by atoms with Crippen LogP contribution in [0.5, 0.6) is 0 Å². The summed E-state index contributed by atoms with van der Waals surface area (Å²) in [6.07, 6.45) is 0. The van der Waals surface area contributed by atoms with E-state index >= 15 is 0 Å². The molecule has 9 nitrogen and oxygen atoms in total. The smallest absolute Gasteiger partial charge is 0.346 e. The number of carboxylic acid groups (broad SMARTS) is 3. The van der Waals surface area contributed by atoms with Crippen LogP contribution in [0.2, 0.25) is 0 Å². The monoisotopic (exact) mass is 358 g/mol. The van der Waals surface area contributed by atoms with Crippen molar-refractivity contribution in [2.45, 2.75) is 0 Å². The van der Waals surface area contributed by atoms with Crippen molar-refractivity contribution in [1.82, 2.24) is 0 Å². The number of ether oxygens (including phenoxy) is 1. The quantitative estimate of drug-likeness (QED) is 0.549. The highest BCUT2D eigenvalue weighted by Crippen LogP contribution is 2.14. The Hall–Kier alpha value is -4.01. The van der Waals surface area contributed by atoms with Gasteiger partial charge in [-0.1, -0.05) is 6.07 Å². The van der Waals surface area contributed by atoms with Gasteiger partial charge in [-0.15, -0.1) is 0 Å². The Morgan fingerprint density at radius 3 is 1.69 bits per heavy atom. The zero-order valence-corrected chi connectivity index (χ0v) is 12.8. The van der Waals surface area contributed by atoms with Crippen molar-refractivity contribution in [3.05, 3.63) is 70.3 Å². The lowest BCUT2D eigenvalue weighted by Gasteiger charge is -2.09. The van der Waals surface area contributed by atoms with Crippen molar-refractivity contribution in [3.8, 4) is 0 Å². The molecule has 1 heterocycles. The van der Waals surface area contributed by atoms with Crippen LogP contribution in [0.1, 0.15) is 51.8 Å². The molecule has 0 atom stereocenters. The van der Waals surface area contributed by atoms with Crippen molar-refractivity contribution < 1.29 is 44.0 Å². The molecule has 0 saturated heterocycles. The summed E-state index contributed by atoms with van der Waals surface area (Å²) in [6, 6.07) is 9.20. The van der Waals surface area contributed by atoms with Gasteiger partial charge in [-0.3, -0.25) is 0 Å².